The van der Waals surface area contributed by atoms with E-state index < -0.39 is 121 Å². The van der Waals surface area contributed by atoms with Gasteiger partial charge in [-0.25, -0.2) is 4.79 Å². The van der Waals surface area contributed by atoms with Crippen LogP contribution in [0.4, 0.5) is 79.0 Å². The van der Waals surface area contributed by atoms with Gasteiger partial charge in [0.15, 0.2) is 24.1 Å². The molecule has 0 saturated carbocycles. The minimum Gasteiger partial charge on any atom is -0.479 e. The second kappa shape index (κ2) is 43.2. The van der Waals surface area contributed by atoms with Gasteiger partial charge in [-0.1, -0.05) is 91.0 Å². The number of piperazine rings is 2. The van der Waals surface area contributed by atoms with Gasteiger partial charge >= 0.3 is 43.0 Å². The van der Waals surface area contributed by atoms with Crippen LogP contribution in [-0.4, -0.2) is 234 Å². The first-order chi connectivity index (χ1) is 53.6. The minimum absolute atomic E-state index is 0.00602. The van der Waals surface area contributed by atoms with Crippen molar-refractivity contribution in [2.24, 2.45) is 9.98 Å². The highest BCUT2D eigenvalue weighted by atomic mass is 32.2. The second-order valence-electron chi connectivity index (χ2n) is 26.5. The van der Waals surface area contributed by atoms with Gasteiger partial charge in [0.05, 0.1) is 45.9 Å². The summed E-state index contributed by atoms with van der Waals surface area (Å²) in [6.07, 6.45) is -31.3. The molecule has 0 bridgehead atoms. The molecular formula is C75H91F18N11O10S2. The van der Waals surface area contributed by atoms with Crippen LogP contribution in [0, 0.1) is 0 Å². The van der Waals surface area contributed by atoms with Crippen LogP contribution in [0.1, 0.15) is 85.0 Å². The normalized spacial score (nSPS) is 15.0. The van der Waals surface area contributed by atoms with E-state index in [1.807, 2.05) is 75.4 Å². The number of aliphatic imine (C=N–C) groups is 2. The molecular weight excluding hydrogens is 1620 g/mol. The Bertz CT molecular complexity index is 4320. The van der Waals surface area contributed by atoms with Crippen molar-refractivity contribution < 1.29 is 124 Å². The van der Waals surface area contributed by atoms with E-state index in [2.05, 4.69) is 39.5 Å². The van der Waals surface area contributed by atoms with Gasteiger partial charge in [-0.3, -0.25) is 32.8 Å². The number of amides is 2. The number of halogens is 18. The van der Waals surface area contributed by atoms with Crippen LogP contribution in [0.25, 0.3) is 0 Å². The van der Waals surface area contributed by atoms with Crippen LogP contribution in [0.2, 0.25) is 0 Å². The monoisotopic (exact) mass is 1710 g/mol. The Morgan fingerprint density at radius 2 is 0.741 bits per heavy atom. The molecule has 2 amide bonds. The fraction of sp³-hybridized carbons (Fsp3) is 0.453. The van der Waals surface area contributed by atoms with Crippen LogP contribution < -0.4 is 10.6 Å². The van der Waals surface area contributed by atoms with Crippen molar-refractivity contribution >= 4 is 49.9 Å². The van der Waals surface area contributed by atoms with Crippen LogP contribution in [-0.2, 0) is 99.3 Å². The molecule has 2 aliphatic heterocycles. The van der Waals surface area contributed by atoms with Gasteiger partial charge in [-0.2, -0.15) is 95.9 Å². The van der Waals surface area contributed by atoms with Crippen molar-refractivity contribution in [2.75, 3.05) is 148 Å². The molecule has 116 heavy (non-hydrogen) atoms. The SMILES string of the molecule is CN(CCc1cc(C(F)(F)F)cc(C(F)(F)F)c1)C(=O)[C@H](OS(C)(=O)=O)c1ccccc1.CN=C(N(C)C)N1CCN(C(C(=O)N(C)CCc2cc(C(F)(F)F)cc(C(F)(F)F)c2)c2ccccc2)CC1.CN=C(N(C)C)N1CCNCC1.CNCCc1cc(C(F)(F)F)cc(C(F)(F)F)c1.CS(=O)(=O)O[C@@H](C(=O)O)c1ccccc1. The van der Waals surface area contributed by atoms with Crippen molar-refractivity contribution in [1.82, 2.24) is 44.9 Å². The fourth-order valence-corrected chi connectivity index (χ4v) is 12.6. The predicted molar refractivity (Wildman–Crippen MR) is 398 cm³/mol. The lowest BCUT2D eigenvalue weighted by Crippen LogP contribution is -2.54. The van der Waals surface area contributed by atoms with E-state index in [-0.39, 0.29) is 84.3 Å². The summed E-state index contributed by atoms with van der Waals surface area (Å²) in [4.78, 5) is 58.6. The van der Waals surface area contributed by atoms with Crippen LogP contribution >= 0.6 is 0 Å². The van der Waals surface area contributed by atoms with E-state index in [1.54, 1.807) is 50.5 Å². The number of alkyl halides is 18. The van der Waals surface area contributed by atoms with Gasteiger partial charge in [0.25, 0.3) is 26.1 Å². The van der Waals surface area contributed by atoms with Gasteiger partial charge in [-0.15, -0.1) is 0 Å². The molecule has 644 valence electrons. The lowest BCUT2D eigenvalue weighted by Gasteiger charge is -2.41. The number of carbonyl (C=O) groups excluding carboxylic acids is 2. The molecule has 2 fully saturated rings. The first-order valence-electron chi connectivity index (χ1n) is 35.0. The Morgan fingerprint density at radius 1 is 0.448 bits per heavy atom. The maximum atomic E-state index is 13.7. The largest absolute Gasteiger partial charge is 0.479 e. The Morgan fingerprint density at radius 3 is 1.03 bits per heavy atom. The molecule has 41 heteroatoms. The molecule has 6 aromatic carbocycles. The molecule has 8 rings (SSSR count). The highest BCUT2D eigenvalue weighted by Gasteiger charge is 2.41. The Kier molecular flexibility index (Phi) is 36.9. The zero-order chi connectivity index (χ0) is 87.7. The average molecular weight is 1710 g/mol. The first kappa shape index (κ1) is 99.1. The number of hydrogen-bond donors (Lipinski definition) is 3. The molecule has 6 aromatic rings. The van der Waals surface area contributed by atoms with Crippen molar-refractivity contribution in [2.45, 2.75) is 74.6 Å². The summed E-state index contributed by atoms with van der Waals surface area (Å²) >= 11 is 0. The topological polar surface area (TPSA) is 230 Å². The highest BCUT2D eigenvalue weighted by molar-refractivity contribution is 7.86. The average Bonchev–Trinajstić information content (AvgIpc) is 0.861. The summed E-state index contributed by atoms with van der Waals surface area (Å²) in [7, 11) is 7.90. The third-order valence-electron chi connectivity index (χ3n) is 16.9. The zero-order valence-corrected chi connectivity index (χ0v) is 66.4. The number of likely N-dealkylation sites (N-methyl/N-ethyl adjacent to an activating group) is 3. The molecule has 2 aliphatic rings. The molecule has 3 N–H and O–H groups in total. The number of carboxylic acid groups (broad SMARTS) is 1. The molecule has 0 radical (unpaired) electrons. The van der Waals surface area contributed by atoms with Crippen LogP contribution in [0.15, 0.2) is 156 Å². The molecule has 3 atom stereocenters. The number of benzene rings is 6. The third kappa shape index (κ3) is 33.0. The zero-order valence-electron chi connectivity index (χ0n) is 64.8. The lowest BCUT2D eigenvalue weighted by molar-refractivity contribution is -0.145. The smallest absolute Gasteiger partial charge is 0.416 e. The Balaban J connectivity index is 0.000000327. The third-order valence-corrected chi connectivity index (χ3v) is 18.0. The maximum absolute atomic E-state index is 13.7. The summed E-state index contributed by atoms with van der Waals surface area (Å²) < 4.78 is 287. The number of aliphatic carboxylic acids is 1. The Hall–Kier alpha value is -9.29. The number of carboxylic acids is 1. The number of rotatable bonds is 20. The number of carbonyl (C=O) groups is 3. The van der Waals surface area contributed by atoms with Crippen LogP contribution in [0.5, 0.6) is 0 Å². The van der Waals surface area contributed by atoms with E-state index in [9.17, 15) is 110 Å². The number of guanidine groups is 2. The van der Waals surface area contributed by atoms with E-state index in [0.29, 0.717) is 57.0 Å². The number of nitrogens with zero attached hydrogens (tertiary/aromatic N) is 9. The number of hydrogen-bond acceptors (Lipinski definition) is 14. The highest BCUT2D eigenvalue weighted by Crippen LogP contribution is 2.40. The molecule has 2 saturated heterocycles. The minimum atomic E-state index is -4.99. The van der Waals surface area contributed by atoms with E-state index in [1.165, 1.54) is 43.3 Å². The lowest BCUT2D eigenvalue weighted by atomic mass is 10.0. The van der Waals surface area contributed by atoms with E-state index >= 15 is 0 Å². The number of nitrogens with one attached hydrogen (secondary N) is 2. The summed E-state index contributed by atoms with van der Waals surface area (Å²) in [5.74, 6) is -0.545. The van der Waals surface area contributed by atoms with Crippen LogP contribution in [0.3, 0.4) is 0 Å². The fourth-order valence-electron chi connectivity index (χ4n) is 11.5. The van der Waals surface area contributed by atoms with Crippen molar-refractivity contribution in [1.29, 1.82) is 0 Å². The summed E-state index contributed by atoms with van der Waals surface area (Å²) in [5, 5.41) is 14.8. The van der Waals surface area contributed by atoms with Crippen molar-refractivity contribution in [3.63, 3.8) is 0 Å². The van der Waals surface area contributed by atoms with Crippen molar-refractivity contribution in [3.05, 3.63) is 212 Å². The predicted octanol–water partition coefficient (Wildman–Crippen LogP) is 12.8. The van der Waals surface area contributed by atoms with E-state index in [0.717, 1.165) is 73.2 Å². The van der Waals surface area contributed by atoms with E-state index in [4.69, 9.17) is 9.29 Å². The second-order valence-corrected chi connectivity index (χ2v) is 29.7. The molecule has 2 heterocycles. The van der Waals surface area contributed by atoms with Gasteiger partial charge in [0.1, 0.15) is 6.04 Å². The van der Waals surface area contributed by atoms with Gasteiger partial charge in [-0.05, 0) is 121 Å². The molecule has 0 spiro atoms. The first-order valence-corrected chi connectivity index (χ1v) is 38.6. The molecule has 0 aliphatic carbocycles. The van der Waals surface area contributed by atoms with Crippen molar-refractivity contribution in [3.8, 4) is 0 Å². The molecule has 0 aromatic heterocycles. The van der Waals surface area contributed by atoms with Gasteiger partial charge < -0.3 is 45.1 Å². The summed E-state index contributed by atoms with van der Waals surface area (Å²) in [5.41, 5.74) is -7.36. The quantitative estimate of drug-likeness (QED) is 0.0279. The van der Waals surface area contributed by atoms with Gasteiger partial charge in [0.2, 0.25) is 5.91 Å². The standard InChI is InChI=1S/C27H33F6N5O.C20H19F6NO4S.C11H11F6N.C9H10O5S.C8H18N4/c1-34-25(35(2)3)38-14-12-37(13-15-38)23(20-8-6-5-7-9-20)24(39)36(4)11-10-19-16-21(26(28,29)30)18-22(17-19)27(31,32)33;1-27(18(28)17(31-32(2,29)30)14-6-4-3-5-7-14)9-8-13-10-15(19(21,22)23)12-16(11-13)20(24,25)26;1-18-3-2-7-4-8(10(12,13)14)6-9(5-7)11(15,16)17;1-15(12,13)14-8(9(10)11)7-5-3-2-4-6-7;1-9-8(11(2)3)12-6-4-10-5-7-12/h5-9,16-18,23H,10-15H2,1-4H3;3-7,10-12,17H,8-9H2,1-2H3;4-6,18H,2-3H2,1H3;2-6,8H,1H3,(H,10,11);10H,4-7H2,1-3H3/t;17-;;8-;/m.1.1./s1. The van der Waals surface area contributed by atoms with Gasteiger partial charge in [0, 0.05) is 122 Å². The Labute approximate surface area is 660 Å². The molecule has 1 unspecified atom stereocenters. The summed E-state index contributed by atoms with van der Waals surface area (Å²) in [6.45, 7) is 6.62. The maximum Gasteiger partial charge on any atom is 0.416 e. The molecule has 21 nitrogen and oxygen atoms in total. The summed E-state index contributed by atoms with van der Waals surface area (Å²) in [6, 6.07) is 28.3.